The number of carbonyl (C=O) groups is 1. The van der Waals surface area contributed by atoms with Gasteiger partial charge in [-0.25, -0.2) is 8.42 Å². The Morgan fingerprint density at radius 3 is 2.52 bits per heavy atom. The largest absolute Gasteiger partial charge is 0.360 e. The van der Waals surface area contributed by atoms with Crippen molar-refractivity contribution in [2.45, 2.75) is 25.2 Å². The minimum atomic E-state index is -3.48. The minimum Gasteiger partial charge on any atom is -0.360 e. The first-order valence-electron chi connectivity index (χ1n) is 8.87. The minimum absolute atomic E-state index is 0.140. The first-order chi connectivity index (χ1) is 12.9. The SMILES string of the molecule is Cc1cc(NC(=O)CCN2CCN(S(=O)(=O)c3ccccc3C)CC2)no1. The van der Waals surface area contributed by atoms with E-state index in [9.17, 15) is 13.2 Å². The van der Waals surface area contributed by atoms with Crippen LogP contribution in [0.2, 0.25) is 0 Å². The summed E-state index contributed by atoms with van der Waals surface area (Å²) in [5, 5.41) is 6.42. The number of carbonyl (C=O) groups excluding carboxylic acids is 1. The number of aryl methyl sites for hydroxylation is 2. The molecule has 1 amide bonds. The maximum atomic E-state index is 12.8. The average molecular weight is 392 g/mol. The Kier molecular flexibility index (Phi) is 5.93. The molecule has 2 heterocycles. The van der Waals surface area contributed by atoms with Gasteiger partial charge in [0.15, 0.2) is 5.82 Å². The number of anilines is 1. The predicted molar refractivity (Wildman–Crippen MR) is 101 cm³/mol. The van der Waals surface area contributed by atoms with Crippen LogP contribution in [-0.2, 0) is 14.8 Å². The van der Waals surface area contributed by atoms with Gasteiger partial charge in [0.25, 0.3) is 0 Å². The summed E-state index contributed by atoms with van der Waals surface area (Å²) in [5.74, 6) is 0.904. The van der Waals surface area contributed by atoms with E-state index in [2.05, 4.69) is 15.4 Å². The quantitative estimate of drug-likeness (QED) is 0.803. The number of rotatable bonds is 6. The Labute approximate surface area is 159 Å². The topological polar surface area (TPSA) is 95.8 Å². The summed E-state index contributed by atoms with van der Waals surface area (Å²) in [6, 6.07) is 8.68. The highest BCUT2D eigenvalue weighted by Crippen LogP contribution is 2.20. The Morgan fingerprint density at radius 1 is 1.19 bits per heavy atom. The summed E-state index contributed by atoms with van der Waals surface area (Å²) in [7, 11) is -3.48. The van der Waals surface area contributed by atoms with E-state index in [0.29, 0.717) is 55.6 Å². The molecular formula is C18H24N4O4S. The zero-order chi connectivity index (χ0) is 19.4. The van der Waals surface area contributed by atoms with Gasteiger partial charge in [-0.2, -0.15) is 4.31 Å². The van der Waals surface area contributed by atoms with E-state index >= 15 is 0 Å². The van der Waals surface area contributed by atoms with Crippen molar-refractivity contribution in [3.8, 4) is 0 Å². The van der Waals surface area contributed by atoms with Gasteiger partial charge in [0, 0.05) is 45.2 Å². The molecule has 0 radical (unpaired) electrons. The molecule has 146 valence electrons. The van der Waals surface area contributed by atoms with Crippen molar-refractivity contribution in [1.29, 1.82) is 0 Å². The van der Waals surface area contributed by atoms with Crippen molar-refractivity contribution in [2.75, 3.05) is 38.0 Å². The molecule has 1 saturated heterocycles. The Balaban J connectivity index is 1.49. The van der Waals surface area contributed by atoms with Gasteiger partial charge in [-0.15, -0.1) is 0 Å². The Bertz CT molecular complexity index is 902. The number of hydrogen-bond donors (Lipinski definition) is 1. The van der Waals surface area contributed by atoms with Crippen LogP contribution in [0, 0.1) is 13.8 Å². The highest BCUT2D eigenvalue weighted by molar-refractivity contribution is 7.89. The number of aromatic nitrogens is 1. The van der Waals surface area contributed by atoms with Crippen LogP contribution in [0.1, 0.15) is 17.7 Å². The van der Waals surface area contributed by atoms with Crippen molar-refractivity contribution in [2.24, 2.45) is 0 Å². The molecule has 1 aliphatic heterocycles. The van der Waals surface area contributed by atoms with Gasteiger partial charge in [-0.1, -0.05) is 23.4 Å². The first kappa shape index (κ1) is 19.5. The zero-order valence-electron chi connectivity index (χ0n) is 15.5. The van der Waals surface area contributed by atoms with Crippen LogP contribution in [0.4, 0.5) is 5.82 Å². The molecule has 1 N–H and O–H groups in total. The molecule has 0 unspecified atom stereocenters. The van der Waals surface area contributed by atoms with Crippen LogP contribution < -0.4 is 5.32 Å². The number of nitrogens with one attached hydrogen (secondary N) is 1. The fourth-order valence-corrected chi connectivity index (χ4v) is 4.72. The van der Waals surface area contributed by atoms with Gasteiger partial charge < -0.3 is 14.7 Å². The molecule has 1 aromatic carbocycles. The molecule has 3 rings (SSSR count). The number of amides is 1. The van der Waals surface area contributed by atoms with Crippen LogP contribution in [0.3, 0.4) is 0 Å². The van der Waals surface area contributed by atoms with Crippen LogP contribution >= 0.6 is 0 Å². The highest BCUT2D eigenvalue weighted by Gasteiger charge is 2.29. The maximum absolute atomic E-state index is 12.8. The van der Waals surface area contributed by atoms with Crippen molar-refractivity contribution < 1.29 is 17.7 Å². The lowest BCUT2D eigenvalue weighted by Crippen LogP contribution is -2.49. The number of sulfonamides is 1. The van der Waals surface area contributed by atoms with E-state index in [1.807, 2.05) is 6.07 Å². The second-order valence-electron chi connectivity index (χ2n) is 6.63. The molecule has 2 aromatic rings. The van der Waals surface area contributed by atoms with Crippen LogP contribution in [-0.4, -0.2) is 61.4 Å². The third kappa shape index (κ3) is 4.74. The van der Waals surface area contributed by atoms with E-state index in [4.69, 9.17) is 4.52 Å². The standard InChI is InChI=1S/C18H24N4O4S/c1-14-5-3-4-6-16(14)27(24,25)22-11-9-21(10-12-22)8-7-18(23)19-17-13-15(2)26-20-17/h3-6,13H,7-12H2,1-2H3,(H,19,20,23). The van der Waals surface area contributed by atoms with Gasteiger partial charge in [0.05, 0.1) is 4.90 Å². The van der Waals surface area contributed by atoms with Gasteiger partial charge >= 0.3 is 0 Å². The fourth-order valence-electron chi connectivity index (χ4n) is 3.07. The lowest BCUT2D eigenvalue weighted by molar-refractivity contribution is -0.116. The number of benzene rings is 1. The second-order valence-corrected chi connectivity index (χ2v) is 8.54. The van der Waals surface area contributed by atoms with E-state index in [1.54, 1.807) is 38.1 Å². The van der Waals surface area contributed by atoms with E-state index < -0.39 is 10.0 Å². The summed E-state index contributed by atoms with van der Waals surface area (Å²) in [6.45, 7) is 6.16. The summed E-state index contributed by atoms with van der Waals surface area (Å²) in [4.78, 5) is 14.4. The number of nitrogens with zero attached hydrogens (tertiary/aromatic N) is 3. The molecule has 9 heteroatoms. The smallest absolute Gasteiger partial charge is 0.243 e. The molecular weight excluding hydrogens is 368 g/mol. The van der Waals surface area contributed by atoms with Gasteiger partial charge in [-0.3, -0.25) is 4.79 Å². The van der Waals surface area contributed by atoms with E-state index in [0.717, 1.165) is 5.56 Å². The van der Waals surface area contributed by atoms with Crippen LogP contribution in [0.5, 0.6) is 0 Å². The predicted octanol–water partition coefficient (Wildman–Crippen LogP) is 1.63. The molecule has 1 aromatic heterocycles. The number of piperazine rings is 1. The molecule has 0 spiro atoms. The average Bonchev–Trinajstić information content (AvgIpc) is 3.05. The van der Waals surface area contributed by atoms with E-state index in [-0.39, 0.29) is 5.91 Å². The van der Waals surface area contributed by atoms with Crippen molar-refractivity contribution in [3.05, 3.63) is 41.7 Å². The van der Waals surface area contributed by atoms with Gasteiger partial charge in [-0.05, 0) is 25.5 Å². The third-order valence-corrected chi connectivity index (χ3v) is 6.65. The summed E-state index contributed by atoms with van der Waals surface area (Å²) < 4.78 is 32.1. The van der Waals surface area contributed by atoms with Crippen molar-refractivity contribution in [1.82, 2.24) is 14.4 Å². The zero-order valence-corrected chi connectivity index (χ0v) is 16.3. The van der Waals surface area contributed by atoms with Crippen molar-refractivity contribution >= 4 is 21.7 Å². The lowest BCUT2D eigenvalue weighted by atomic mass is 10.2. The lowest BCUT2D eigenvalue weighted by Gasteiger charge is -2.34. The molecule has 0 atom stereocenters. The Morgan fingerprint density at radius 2 is 1.89 bits per heavy atom. The first-order valence-corrected chi connectivity index (χ1v) is 10.3. The molecule has 8 nitrogen and oxygen atoms in total. The third-order valence-electron chi connectivity index (χ3n) is 4.59. The normalized spacial score (nSPS) is 16.4. The molecule has 0 bridgehead atoms. The Hall–Kier alpha value is -2.23. The molecule has 0 saturated carbocycles. The molecule has 27 heavy (non-hydrogen) atoms. The maximum Gasteiger partial charge on any atom is 0.243 e. The van der Waals surface area contributed by atoms with Crippen LogP contribution in [0.25, 0.3) is 0 Å². The molecule has 1 fully saturated rings. The summed E-state index contributed by atoms with van der Waals surface area (Å²) in [6.07, 6.45) is 0.316. The van der Waals surface area contributed by atoms with Crippen LogP contribution in [0.15, 0.2) is 39.8 Å². The van der Waals surface area contributed by atoms with E-state index in [1.165, 1.54) is 4.31 Å². The monoisotopic (exact) mass is 392 g/mol. The number of hydrogen-bond acceptors (Lipinski definition) is 6. The van der Waals surface area contributed by atoms with Gasteiger partial charge in [0.1, 0.15) is 5.76 Å². The van der Waals surface area contributed by atoms with Crippen molar-refractivity contribution in [3.63, 3.8) is 0 Å². The second kappa shape index (κ2) is 8.20. The van der Waals surface area contributed by atoms with Gasteiger partial charge in [0.2, 0.25) is 15.9 Å². The molecule has 0 aliphatic carbocycles. The fraction of sp³-hybridized carbons (Fsp3) is 0.444. The molecule has 1 aliphatic rings. The summed E-state index contributed by atoms with van der Waals surface area (Å²) >= 11 is 0. The summed E-state index contributed by atoms with van der Waals surface area (Å²) in [5.41, 5.74) is 0.750. The highest BCUT2D eigenvalue weighted by atomic mass is 32.2.